The molecule has 3 rings (SSSR count). The molecule has 2 N–H and O–H groups in total. The van der Waals surface area contributed by atoms with Crippen LogP contribution in [-0.2, 0) is 0 Å². The van der Waals surface area contributed by atoms with Crippen LogP contribution in [0.3, 0.4) is 0 Å². The topological polar surface area (TPSA) is 83.6 Å². The number of carbonyl (C=O) groups is 1. The van der Waals surface area contributed by atoms with Gasteiger partial charge in [0.15, 0.2) is 10.8 Å². The first kappa shape index (κ1) is 12.1. The number of aromatic nitrogens is 4. The van der Waals surface area contributed by atoms with Crippen molar-refractivity contribution in [1.82, 2.24) is 19.9 Å². The number of amides is 1. The number of nitrogens with zero attached hydrogens (tertiary/aromatic N) is 3. The van der Waals surface area contributed by atoms with E-state index in [-0.39, 0.29) is 17.0 Å². The van der Waals surface area contributed by atoms with Gasteiger partial charge in [-0.15, -0.1) is 0 Å². The first-order valence-electron chi connectivity index (χ1n) is 5.36. The number of hydrogen-bond donors (Lipinski definition) is 2. The van der Waals surface area contributed by atoms with E-state index in [4.69, 9.17) is 11.6 Å². The van der Waals surface area contributed by atoms with Crippen molar-refractivity contribution in [3.63, 3.8) is 0 Å². The first-order valence-corrected chi connectivity index (χ1v) is 6.68. The number of fused-ring (bicyclic) bond motifs is 1. The van der Waals surface area contributed by atoms with Gasteiger partial charge < -0.3 is 4.98 Å². The summed E-state index contributed by atoms with van der Waals surface area (Å²) in [6, 6.07) is 0. The Hall–Kier alpha value is -1.99. The molecule has 1 amide bonds. The second-order valence-corrected chi connectivity index (χ2v) is 4.96. The van der Waals surface area contributed by atoms with Crippen LogP contribution in [0.15, 0.2) is 17.1 Å². The highest BCUT2D eigenvalue weighted by Gasteiger charge is 2.14. The van der Waals surface area contributed by atoms with Crippen LogP contribution in [0.25, 0.3) is 11.2 Å². The SMILES string of the molecule is Cc1cscc1C(=O)Nc1nc(Cl)c2[nH]cnc2n1. The number of rotatable bonds is 2. The second-order valence-electron chi connectivity index (χ2n) is 3.86. The Kier molecular flexibility index (Phi) is 2.92. The van der Waals surface area contributed by atoms with Crippen LogP contribution in [0.2, 0.25) is 5.15 Å². The van der Waals surface area contributed by atoms with E-state index in [1.807, 2.05) is 12.3 Å². The monoisotopic (exact) mass is 293 g/mol. The van der Waals surface area contributed by atoms with E-state index in [1.54, 1.807) is 5.38 Å². The van der Waals surface area contributed by atoms with Crippen molar-refractivity contribution in [3.05, 3.63) is 33.4 Å². The minimum atomic E-state index is -0.260. The average molecular weight is 294 g/mol. The lowest BCUT2D eigenvalue weighted by atomic mass is 10.2. The lowest BCUT2D eigenvalue weighted by Crippen LogP contribution is -2.14. The minimum absolute atomic E-state index is 0.139. The summed E-state index contributed by atoms with van der Waals surface area (Å²) in [4.78, 5) is 27.0. The highest BCUT2D eigenvalue weighted by Crippen LogP contribution is 2.19. The van der Waals surface area contributed by atoms with Crippen molar-refractivity contribution in [2.75, 3.05) is 5.32 Å². The van der Waals surface area contributed by atoms with Crippen LogP contribution in [0.1, 0.15) is 15.9 Å². The molecule has 0 aliphatic carbocycles. The van der Waals surface area contributed by atoms with Gasteiger partial charge in [-0.25, -0.2) is 4.98 Å². The van der Waals surface area contributed by atoms with Gasteiger partial charge in [0.1, 0.15) is 5.52 Å². The lowest BCUT2D eigenvalue weighted by molar-refractivity contribution is 0.102. The number of halogens is 1. The minimum Gasteiger partial charge on any atom is -0.341 e. The van der Waals surface area contributed by atoms with Crippen LogP contribution in [-0.4, -0.2) is 25.8 Å². The molecule has 0 saturated heterocycles. The van der Waals surface area contributed by atoms with Crippen molar-refractivity contribution >= 4 is 46.0 Å². The van der Waals surface area contributed by atoms with Crippen molar-refractivity contribution in [3.8, 4) is 0 Å². The van der Waals surface area contributed by atoms with E-state index < -0.39 is 0 Å². The van der Waals surface area contributed by atoms with Gasteiger partial charge in [0.05, 0.1) is 11.9 Å². The van der Waals surface area contributed by atoms with Crippen LogP contribution >= 0.6 is 22.9 Å². The van der Waals surface area contributed by atoms with E-state index in [1.165, 1.54) is 17.7 Å². The van der Waals surface area contributed by atoms with Crippen LogP contribution in [0.4, 0.5) is 5.95 Å². The standard InChI is InChI=1S/C11H8ClN5OS/c1-5-2-19-3-6(5)10(18)17-11-15-8(12)7-9(16-11)14-4-13-7/h2-4H,1H3,(H2,13,14,15,16,17,18). The van der Waals surface area contributed by atoms with Crippen molar-refractivity contribution < 1.29 is 4.79 Å². The predicted molar refractivity (Wildman–Crippen MR) is 73.7 cm³/mol. The van der Waals surface area contributed by atoms with Gasteiger partial charge in [0.2, 0.25) is 5.95 Å². The van der Waals surface area contributed by atoms with Gasteiger partial charge in [-0.2, -0.15) is 21.3 Å². The Morgan fingerprint density at radius 2 is 2.26 bits per heavy atom. The van der Waals surface area contributed by atoms with E-state index in [2.05, 4.69) is 25.3 Å². The highest BCUT2D eigenvalue weighted by atomic mass is 35.5. The molecule has 3 aromatic heterocycles. The summed E-state index contributed by atoms with van der Waals surface area (Å²) in [7, 11) is 0. The molecule has 0 aromatic carbocycles. The molecule has 6 nitrogen and oxygen atoms in total. The Morgan fingerprint density at radius 3 is 3.00 bits per heavy atom. The molecule has 19 heavy (non-hydrogen) atoms. The molecule has 0 spiro atoms. The highest BCUT2D eigenvalue weighted by molar-refractivity contribution is 7.08. The van der Waals surface area contributed by atoms with Gasteiger partial charge in [0, 0.05) is 5.38 Å². The Labute approximate surface area is 116 Å². The maximum atomic E-state index is 12.0. The molecule has 0 bridgehead atoms. The van der Waals surface area contributed by atoms with Gasteiger partial charge >= 0.3 is 0 Å². The number of carbonyl (C=O) groups excluding carboxylic acids is 1. The molecule has 8 heteroatoms. The summed E-state index contributed by atoms with van der Waals surface area (Å²) in [6.07, 6.45) is 1.47. The zero-order valence-electron chi connectivity index (χ0n) is 9.77. The molecule has 0 radical (unpaired) electrons. The van der Waals surface area contributed by atoms with E-state index in [0.29, 0.717) is 16.7 Å². The van der Waals surface area contributed by atoms with Crippen molar-refractivity contribution in [1.29, 1.82) is 0 Å². The summed E-state index contributed by atoms with van der Waals surface area (Å²) < 4.78 is 0. The number of aromatic amines is 1. The maximum absolute atomic E-state index is 12.0. The number of thiophene rings is 1. The molecular weight excluding hydrogens is 286 g/mol. The van der Waals surface area contributed by atoms with Gasteiger partial charge in [-0.05, 0) is 17.9 Å². The Balaban J connectivity index is 1.93. The predicted octanol–water partition coefficient (Wildman–Crippen LogP) is 2.63. The molecule has 0 aliphatic heterocycles. The maximum Gasteiger partial charge on any atom is 0.259 e. The first-order chi connectivity index (χ1) is 9.15. The number of anilines is 1. The van der Waals surface area contributed by atoms with E-state index >= 15 is 0 Å². The Bertz CT molecular complexity index is 765. The molecule has 0 aliphatic rings. The second kappa shape index (κ2) is 4.60. The van der Waals surface area contributed by atoms with Crippen LogP contribution < -0.4 is 5.32 Å². The molecule has 0 saturated carbocycles. The summed E-state index contributed by atoms with van der Waals surface area (Å²) in [5.74, 6) is -0.120. The number of aryl methyl sites for hydroxylation is 1. The molecule has 3 heterocycles. The quantitative estimate of drug-likeness (QED) is 0.711. The van der Waals surface area contributed by atoms with Crippen molar-refractivity contribution in [2.24, 2.45) is 0 Å². The molecular formula is C11H8ClN5OS. The average Bonchev–Trinajstić information content (AvgIpc) is 2.97. The molecule has 0 atom stereocenters. The van der Waals surface area contributed by atoms with E-state index in [9.17, 15) is 4.79 Å². The smallest absolute Gasteiger partial charge is 0.259 e. The molecule has 0 fully saturated rings. The number of nitrogens with one attached hydrogen (secondary N) is 2. The normalized spacial score (nSPS) is 10.8. The molecule has 96 valence electrons. The zero-order chi connectivity index (χ0) is 13.4. The molecule has 3 aromatic rings. The number of hydrogen-bond acceptors (Lipinski definition) is 5. The van der Waals surface area contributed by atoms with Crippen LogP contribution in [0.5, 0.6) is 0 Å². The summed E-state index contributed by atoms with van der Waals surface area (Å²) in [6.45, 7) is 1.87. The van der Waals surface area contributed by atoms with Crippen molar-refractivity contribution in [2.45, 2.75) is 6.92 Å². The third-order valence-electron chi connectivity index (χ3n) is 2.57. The van der Waals surface area contributed by atoms with Gasteiger partial charge in [-0.1, -0.05) is 11.6 Å². The lowest BCUT2D eigenvalue weighted by Gasteiger charge is -2.03. The fraction of sp³-hybridized carbons (Fsp3) is 0.0909. The fourth-order valence-corrected chi connectivity index (χ4v) is 2.66. The Morgan fingerprint density at radius 1 is 1.42 bits per heavy atom. The van der Waals surface area contributed by atoms with Crippen LogP contribution in [0, 0.1) is 6.92 Å². The zero-order valence-corrected chi connectivity index (χ0v) is 11.3. The van der Waals surface area contributed by atoms with Gasteiger partial charge in [-0.3, -0.25) is 10.1 Å². The summed E-state index contributed by atoms with van der Waals surface area (Å²) in [5, 5.41) is 6.52. The summed E-state index contributed by atoms with van der Waals surface area (Å²) in [5.41, 5.74) is 2.48. The third kappa shape index (κ3) is 2.18. The number of imidazole rings is 1. The van der Waals surface area contributed by atoms with E-state index in [0.717, 1.165) is 5.56 Å². The third-order valence-corrected chi connectivity index (χ3v) is 3.70. The summed E-state index contributed by atoms with van der Waals surface area (Å²) >= 11 is 7.44. The van der Waals surface area contributed by atoms with Gasteiger partial charge in [0.25, 0.3) is 5.91 Å². The molecule has 0 unspecified atom stereocenters. The fourth-order valence-electron chi connectivity index (χ4n) is 1.62. The largest absolute Gasteiger partial charge is 0.341 e. The number of H-pyrrole nitrogens is 1.